The molecule has 0 bridgehead atoms. The quantitative estimate of drug-likeness (QED) is 0.867. The topological polar surface area (TPSA) is 45.0 Å². The fourth-order valence-electron chi connectivity index (χ4n) is 3.01. The molecule has 0 saturated carbocycles. The SMILES string of the molecule is CC1Cc2ccccc2N1C(CN)c1ccc[nH]1. The molecule has 2 heterocycles. The van der Waals surface area contributed by atoms with Crippen LogP contribution >= 0.6 is 0 Å². The predicted octanol–water partition coefficient (Wildman–Crippen LogP) is 2.47. The fourth-order valence-corrected chi connectivity index (χ4v) is 3.01. The summed E-state index contributed by atoms with van der Waals surface area (Å²) in [6.45, 7) is 2.89. The molecule has 2 atom stereocenters. The molecule has 2 aromatic rings. The summed E-state index contributed by atoms with van der Waals surface area (Å²) in [5.41, 5.74) is 9.95. The maximum atomic E-state index is 6.00. The number of nitrogens with one attached hydrogen (secondary N) is 1. The van der Waals surface area contributed by atoms with E-state index in [1.165, 1.54) is 16.9 Å². The highest BCUT2D eigenvalue weighted by atomic mass is 15.2. The molecular formula is C15H19N3. The first-order valence-electron chi connectivity index (χ1n) is 6.51. The van der Waals surface area contributed by atoms with Crippen LogP contribution < -0.4 is 10.6 Å². The smallest absolute Gasteiger partial charge is 0.0816 e. The van der Waals surface area contributed by atoms with Crippen molar-refractivity contribution in [2.24, 2.45) is 5.73 Å². The van der Waals surface area contributed by atoms with Gasteiger partial charge in [-0.1, -0.05) is 18.2 Å². The van der Waals surface area contributed by atoms with E-state index < -0.39 is 0 Å². The van der Waals surface area contributed by atoms with Gasteiger partial charge in [0.25, 0.3) is 0 Å². The number of anilines is 1. The van der Waals surface area contributed by atoms with Gasteiger partial charge < -0.3 is 15.6 Å². The van der Waals surface area contributed by atoms with Gasteiger partial charge >= 0.3 is 0 Å². The number of H-pyrrole nitrogens is 1. The molecule has 94 valence electrons. The Kier molecular flexibility index (Phi) is 2.84. The second-order valence-electron chi connectivity index (χ2n) is 4.97. The molecule has 1 aliphatic rings. The Hall–Kier alpha value is -1.74. The number of hydrogen-bond acceptors (Lipinski definition) is 2. The molecule has 1 aromatic carbocycles. The summed E-state index contributed by atoms with van der Waals surface area (Å²) < 4.78 is 0. The van der Waals surface area contributed by atoms with Crippen molar-refractivity contribution in [2.75, 3.05) is 11.4 Å². The monoisotopic (exact) mass is 241 g/mol. The lowest BCUT2D eigenvalue weighted by molar-refractivity contribution is 0.560. The first-order chi connectivity index (χ1) is 8.81. The van der Waals surface area contributed by atoms with Gasteiger partial charge in [0.05, 0.1) is 6.04 Å². The average molecular weight is 241 g/mol. The van der Waals surface area contributed by atoms with Gasteiger partial charge in [0.15, 0.2) is 0 Å². The highest BCUT2D eigenvalue weighted by Gasteiger charge is 2.31. The molecule has 0 aliphatic carbocycles. The molecule has 1 aliphatic heterocycles. The molecule has 2 unspecified atom stereocenters. The number of para-hydroxylation sites is 1. The van der Waals surface area contributed by atoms with E-state index in [-0.39, 0.29) is 6.04 Å². The van der Waals surface area contributed by atoms with E-state index in [2.05, 4.69) is 47.1 Å². The Bertz CT molecular complexity index is 518. The van der Waals surface area contributed by atoms with Crippen LogP contribution in [0.5, 0.6) is 0 Å². The number of rotatable bonds is 3. The Morgan fingerprint density at radius 2 is 2.17 bits per heavy atom. The second-order valence-corrected chi connectivity index (χ2v) is 4.97. The molecule has 0 radical (unpaired) electrons. The Morgan fingerprint density at radius 3 is 2.89 bits per heavy atom. The minimum Gasteiger partial charge on any atom is -0.363 e. The van der Waals surface area contributed by atoms with Gasteiger partial charge in [0.2, 0.25) is 0 Å². The van der Waals surface area contributed by atoms with Gasteiger partial charge in [-0.2, -0.15) is 0 Å². The van der Waals surface area contributed by atoms with Crippen LogP contribution in [0.25, 0.3) is 0 Å². The summed E-state index contributed by atoms with van der Waals surface area (Å²) in [4.78, 5) is 5.74. The molecule has 18 heavy (non-hydrogen) atoms. The highest BCUT2D eigenvalue weighted by Crippen LogP contribution is 2.37. The van der Waals surface area contributed by atoms with Crippen molar-refractivity contribution < 1.29 is 0 Å². The lowest BCUT2D eigenvalue weighted by Crippen LogP contribution is -2.37. The van der Waals surface area contributed by atoms with Crippen LogP contribution in [0, 0.1) is 0 Å². The van der Waals surface area contributed by atoms with Crippen LogP contribution in [0.2, 0.25) is 0 Å². The van der Waals surface area contributed by atoms with Crippen molar-refractivity contribution in [1.82, 2.24) is 4.98 Å². The molecule has 0 saturated heterocycles. The van der Waals surface area contributed by atoms with Crippen molar-refractivity contribution in [3.05, 3.63) is 53.9 Å². The molecule has 3 nitrogen and oxygen atoms in total. The van der Waals surface area contributed by atoms with Crippen molar-refractivity contribution in [3.8, 4) is 0 Å². The van der Waals surface area contributed by atoms with E-state index >= 15 is 0 Å². The summed E-state index contributed by atoms with van der Waals surface area (Å²) in [7, 11) is 0. The normalized spacial score (nSPS) is 19.9. The molecule has 0 fully saturated rings. The minimum absolute atomic E-state index is 0.235. The van der Waals surface area contributed by atoms with Gasteiger partial charge in [0.1, 0.15) is 0 Å². The lowest BCUT2D eigenvalue weighted by atomic mass is 10.1. The van der Waals surface area contributed by atoms with Crippen LogP contribution in [0.15, 0.2) is 42.6 Å². The molecule has 3 heteroatoms. The number of aromatic nitrogens is 1. The zero-order valence-electron chi connectivity index (χ0n) is 10.6. The van der Waals surface area contributed by atoms with Crippen LogP contribution in [0.3, 0.4) is 0 Å². The number of hydrogen-bond donors (Lipinski definition) is 2. The summed E-state index contributed by atoms with van der Waals surface area (Å²) >= 11 is 0. The lowest BCUT2D eigenvalue weighted by Gasteiger charge is -2.33. The Labute approximate surface area is 108 Å². The highest BCUT2D eigenvalue weighted by molar-refractivity contribution is 5.60. The van der Waals surface area contributed by atoms with E-state index in [9.17, 15) is 0 Å². The first-order valence-corrected chi connectivity index (χ1v) is 6.51. The number of benzene rings is 1. The van der Waals surface area contributed by atoms with Crippen LogP contribution in [0.4, 0.5) is 5.69 Å². The van der Waals surface area contributed by atoms with Crippen LogP contribution in [-0.2, 0) is 6.42 Å². The summed E-state index contributed by atoms with van der Waals surface area (Å²) in [6, 6.07) is 13.5. The molecule has 1 aromatic heterocycles. The molecular weight excluding hydrogens is 222 g/mol. The number of fused-ring (bicyclic) bond motifs is 1. The largest absolute Gasteiger partial charge is 0.363 e. The van der Waals surface area contributed by atoms with Crippen molar-refractivity contribution in [2.45, 2.75) is 25.4 Å². The summed E-state index contributed by atoms with van der Waals surface area (Å²) in [5, 5.41) is 0. The van der Waals surface area contributed by atoms with E-state index in [0.29, 0.717) is 12.6 Å². The summed E-state index contributed by atoms with van der Waals surface area (Å²) in [6.07, 6.45) is 3.07. The Morgan fingerprint density at radius 1 is 1.33 bits per heavy atom. The molecule has 0 amide bonds. The van der Waals surface area contributed by atoms with Gasteiger partial charge in [-0.15, -0.1) is 0 Å². The molecule has 3 rings (SSSR count). The van der Waals surface area contributed by atoms with Gasteiger partial charge in [-0.25, -0.2) is 0 Å². The Balaban J connectivity index is 2.00. The van der Waals surface area contributed by atoms with Crippen LogP contribution in [-0.4, -0.2) is 17.6 Å². The van der Waals surface area contributed by atoms with E-state index in [1.54, 1.807) is 0 Å². The maximum absolute atomic E-state index is 6.00. The van der Waals surface area contributed by atoms with Crippen LogP contribution in [0.1, 0.15) is 24.2 Å². The predicted molar refractivity (Wildman–Crippen MR) is 74.7 cm³/mol. The molecule has 3 N–H and O–H groups in total. The number of nitrogens with two attached hydrogens (primary N) is 1. The van der Waals surface area contributed by atoms with Crippen molar-refractivity contribution in [1.29, 1.82) is 0 Å². The third kappa shape index (κ3) is 1.71. The number of nitrogens with zero attached hydrogens (tertiary/aromatic N) is 1. The zero-order valence-corrected chi connectivity index (χ0v) is 10.6. The summed E-state index contributed by atoms with van der Waals surface area (Å²) in [5.74, 6) is 0. The van der Waals surface area contributed by atoms with Gasteiger partial charge in [-0.05, 0) is 37.1 Å². The van der Waals surface area contributed by atoms with E-state index in [4.69, 9.17) is 5.73 Å². The van der Waals surface area contributed by atoms with E-state index in [0.717, 1.165) is 6.42 Å². The van der Waals surface area contributed by atoms with Crippen molar-refractivity contribution >= 4 is 5.69 Å². The number of aromatic amines is 1. The van der Waals surface area contributed by atoms with Crippen molar-refractivity contribution in [3.63, 3.8) is 0 Å². The fraction of sp³-hybridized carbons (Fsp3) is 0.333. The molecule has 0 spiro atoms. The van der Waals surface area contributed by atoms with Gasteiger partial charge in [0, 0.05) is 30.2 Å². The van der Waals surface area contributed by atoms with E-state index in [1.807, 2.05) is 12.3 Å². The maximum Gasteiger partial charge on any atom is 0.0816 e. The third-order valence-corrected chi connectivity index (χ3v) is 3.80. The minimum atomic E-state index is 0.235. The third-order valence-electron chi connectivity index (χ3n) is 3.80. The standard InChI is InChI=1S/C15H19N3/c1-11-9-12-5-2-3-7-14(12)18(11)15(10-16)13-6-4-8-17-13/h2-8,11,15,17H,9-10,16H2,1H3. The zero-order chi connectivity index (χ0) is 12.5. The average Bonchev–Trinajstić information content (AvgIpc) is 2.99. The van der Waals surface area contributed by atoms with Gasteiger partial charge in [-0.3, -0.25) is 0 Å². The second kappa shape index (κ2) is 4.50. The first kappa shape index (κ1) is 11.4.